The topological polar surface area (TPSA) is 92.5 Å². The molecule has 0 saturated heterocycles. The number of hydrogen-bond donors (Lipinski definition) is 4. The lowest BCUT2D eigenvalue weighted by Crippen LogP contribution is -2.35. The molecule has 0 aromatic heterocycles. The quantitative estimate of drug-likeness (QED) is 0.414. The van der Waals surface area contributed by atoms with E-state index in [-0.39, 0.29) is 12.1 Å². The molecule has 0 aromatic carbocycles. The van der Waals surface area contributed by atoms with Crippen LogP contribution >= 0.6 is 0 Å². The minimum absolute atomic E-state index is 0.118. The first-order chi connectivity index (χ1) is 5.59. The number of nitrogens with two attached hydrogens (primary N) is 2. The van der Waals surface area contributed by atoms with Crippen molar-refractivity contribution in [2.24, 2.45) is 17.4 Å². The highest BCUT2D eigenvalue weighted by Crippen LogP contribution is 2.27. The summed E-state index contributed by atoms with van der Waals surface area (Å²) in [6.45, 7) is 0. The van der Waals surface area contributed by atoms with Crippen LogP contribution < -0.4 is 11.5 Å². The van der Waals surface area contributed by atoms with E-state index in [2.05, 4.69) is 0 Å². The average Bonchev–Trinajstić information content (AvgIpc) is 2.28. The molecule has 1 aliphatic carbocycles. The number of rotatable bonds is 3. The van der Waals surface area contributed by atoms with Crippen molar-refractivity contribution in [3.8, 4) is 0 Å². The summed E-state index contributed by atoms with van der Waals surface area (Å²) in [7, 11) is -2.35. The Labute approximate surface area is 74.4 Å². The molecule has 1 fully saturated rings. The van der Waals surface area contributed by atoms with Crippen molar-refractivity contribution in [3.05, 3.63) is 0 Å². The summed E-state index contributed by atoms with van der Waals surface area (Å²) in [4.78, 5) is 17.6. The summed E-state index contributed by atoms with van der Waals surface area (Å²) in [6.07, 6.45) is 2.77. The van der Waals surface area contributed by atoms with Crippen LogP contribution in [0.2, 0.25) is 6.04 Å². The van der Waals surface area contributed by atoms with Crippen LogP contribution in [-0.2, 0) is 0 Å². The molecule has 6 N–H and O–H groups in total. The molecule has 0 aromatic rings. The van der Waals surface area contributed by atoms with Gasteiger partial charge in [0, 0.05) is 12.1 Å². The average molecular weight is 190 g/mol. The van der Waals surface area contributed by atoms with Crippen LogP contribution in [0, 0.1) is 5.92 Å². The third-order valence-electron chi connectivity index (χ3n) is 2.59. The second kappa shape index (κ2) is 4.34. The third-order valence-corrected chi connectivity index (χ3v) is 3.44. The second-order valence-corrected chi connectivity index (χ2v) is 5.26. The smallest absolute Gasteiger partial charge is 0.316 e. The Kier molecular flexibility index (Phi) is 3.67. The molecule has 1 saturated carbocycles. The van der Waals surface area contributed by atoms with E-state index in [0.29, 0.717) is 12.0 Å². The summed E-state index contributed by atoms with van der Waals surface area (Å²) >= 11 is 0. The zero-order valence-electron chi connectivity index (χ0n) is 7.19. The zero-order valence-corrected chi connectivity index (χ0v) is 8.34. The van der Waals surface area contributed by atoms with Crippen LogP contribution in [0.4, 0.5) is 0 Å². The first kappa shape index (κ1) is 10.1. The van der Waals surface area contributed by atoms with E-state index in [1.54, 1.807) is 0 Å². The van der Waals surface area contributed by atoms with Gasteiger partial charge in [-0.05, 0) is 31.2 Å². The van der Waals surface area contributed by atoms with Gasteiger partial charge in [0.15, 0.2) is 0 Å². The molecule has 0 bridgehead atoms. The summed E-state index contributed by atoms with van der Waals surface area (Å²) in [5.74, 6) is 0.518. The van der Waals surface area contributed by atoms with Gasteiger partial charge in [-0.25, -0.2) is 0 Å². The normalized spacial score (nSPS) is 36.2. The first-order valence-electron chi connectivity index (χ1n) is 4.47. The van der Waals surface area contributed by atoms with Gasteiger partial charge < -0.3 is 21.1 Å². The van der Waals surface area contributed by atoms with Crippen LogP contribution in [0.5, 0.6) is 0 Å². The molecule has 1 aliphatic rings. The maximum absolute atomic E-state index is 8.78. The van der Waals surface area contributed by atoms with Gasteiger partial charge in [-0.3, -0.25) is 0 Å². The fourth-order valence-corrected chi connectivity index (χ4v) is 2.61. The van der Waals surface area contributed by atoms with Crippen molar-refractivity contribution >= 4 is 9.28 Å². The summed E-state index contributed by atoms with van der Waals surface area (Å²) < 4.78 is 0. The van der Waals surface area contributed by atoms with Gasteiger partial charge in [0.25, 0.3) is 0 Å². The van der Waals surface area contributed by atoms with E-state index in [0.717, 1.165) is 19.3 Å². The second-order valence-electron chi connectivity index (χ2n) is 3.72. The van der Waals surface area contributed by atoms with Gasteiger partial charge in [0.05, 0.1) is 0 Å². The maximum Gasteiger partial charge on any atom is 0.316 e. The predicted molar refractivity (Wildman–Crippen MR) is 49.7 cm³/mol. The van der Waals surface area contributed by atoms with Gasteiger partial charge in [0.1, 0.15) is 0 Å². The van der Waals surface area contributed by atoms with Crippen LogP contribution in [-0.4, -0.2) is 31.0 Å². The SMILES string of the molecule is NC1CC(CC[SiH](O)O)CC1N. The summed E-state index contributed by atoms with van der Waals surface area (Å²) in [6, 6.07) is 0.810. The predicted octanol–water partition coefficient (Wildman–Crippen LogP) is -1.35. The van der Waals surface area contributed by atoms with E-state index in [1.807, 2.05) is 0 Å². The standard InChI is InChI=1S/C7H18N2O2Si/c8-6-3-5(4-7(6)9)1-2-12(10)11/h5-7,10-12H,1-4,8-9H2. The molecular weight excluding hydrogens is 172 g/mol. The molecule has 4 nitrogen and oxygen atoms in total. The van der Waals surface area contributed by atoms with E-state index in [9.17, 15) is 0 Å². The lowest BCUT2D eigenvalue weighted by atomic mass is 10.1. The van der Waals surface area contributed by atoms with E-state index >= 15 is 0 Å². The monoisotopic (exact) mass is 190 g/mol. The Bertz CT molecular complexity index is 135. The molecule has 5 heteroatoms. The van der Waals surface area contributed by atoms with Gasteiger partial charge in [-0.2, -0.15) is 0 Å². The maximum atomic E-state index is 8.78. The van der Waals surface area contributed by atoms with Crippen molar-refractivity contribution in [3.63, 3.8) is 0 Å². The Morgan fingerprint density at radius 3 is 2.08 bits per heavy atom. The van der Waals surface area contributed by atoms with Gasteiger partial charge in [0.2, 0.25) is 0 Å². The van der Waals surface area contributed by atoms with Gasteiger partial charge >= 0.3 is 9.28 Å². The molecule has 2 unspecified atom stereocenters. The van der Waals surface area contributed by atoms with Crippen molar-refractivity contribution in [1.82, 2.24) is 0 Å². The van der Waals surface area contributed by atoms with Crippen molar-refractivity contribution in [2.75, 3.05) is 0 Å². The molecule has 0 heterocycles. The molecule has 2 atom stereocenters. The Morgan fingerprint density at radius 1 is 1.17 bits per heavy atom. The van der Waals surface area contributed by atoms with Crippen molar-refractivity contribution in [1.29, 1.82) is 0 Å². The van der Waals surface area contributed by atoms with E-state index in [1.165, 1.54) is 0 Å². The molecule has 12 heavy (non-hydrogen) atoms. The Morgan fingerprint density at radius 2 is 1.67 bits per heavy atom. The van der Waals surface area contributed by atoms with E-state index in [4.69, 9.17) is 21.1 Å². The van der Waals surface area contributed by atoms with Crippen LogP contribution in [0.15, 0.2) is 0 Å². The molecule has 72 valence electrons. The lowest BCUT2D eigenvalue weighted by molar-refractivity contribution is 0.390. The highest BCUT2D eigenvalue weighted by molar-refractivity contribution is 6.40. The van der Waals surface area contributed by atoms with Crippen molar-refractivity contribution in [2.45, 2.75) is 37.4 Å². The Balaban J connectivity index is 2.19. The first-order valence-corrected chi connectivity index (χ1v) is 6.32. The minimum atomic E-state index is -2.35. The molecule has 0 aliphatic heterocycles. The fourth-order valence-electron chi connectivity index (χ4n) is 1.84. The van der Waals surface area contributed by atoms with Crippen molar-refractivity contribution < 1.29 is 9.59 Å². The van der Waals surface area contributed by atoms with Crippen LogP contribution in [0.3, 0.4) is 0 Å². The highest BCUT2D eigenvalue weighted by atomic mass is 28.3. The molecule has 0 spiro atoms. The molecule has 0 amide bonds. The largest absolute Gasteiger partial charge is 0.413 e. The van der Waals surface area contributed by atoms with Crippen LogP contribution in [0.1, 0.15) is 19.3 Å². The van der Waals surface area contributed by atoms with Gasteiger partial charge in [-0.1, -0.05) is 0 Å². The summed E-state index contributed by atoms with van der Waals surface area (Å²) in [5, 5.41) is 0. The highest BCUT2D eigenvalue weighted by Gasteiger charge is 2.28. The fraction of sp³-hybridized carbons (Fsp3) is 1.00. The molecule has 0 radical (unpaired) electrons. The molecule has 1 rings (SSSR count). The van der Waals surface area contributed by atoms with Gasteiger partial charge in [-0.15, -0.1) is 0 Å². The molecular formula is C7H18N2O2Si. The summed E-state index contributed by atoms with van der Waals surface area (Å²) in [5.41, 5.74) is 11.5. The van der Waals surface area contributed by atoms with Crippen LogP contribution in [0.25, 0.3) is 0 Å². The lowest BCUT2D eigenvalue weighted by Gasteiger charge is -2.08. The minimum Gasteiger partial charge on any atom is -0.413 e. The zero-order chi connectivity index (χ0) is 9.14. The number of hydrogen-bond acceptors (Lipinski definition) is 4. The third kappa shape index (κ3) is 2.84. The Hall–Kier alpha value is 0.0569. The van der Waals surface area contributed by atoms with E-state index < -0.39 is 9.28 Å².